The maximum Gasteiger partial charge on any atom is 0.265 e. The van der Waals surface area contributed by atoms with Crippen LogP contribution in [-0.4, -0.2) is 44.0 Å². The molecule has 2 N–H and O–H groups in total. The Morgan fingerprint density at radius 2 is 1.89 bits per heavy atom. The van der Waals surface area contributed by atoms with E-state index in [4.69, 9.17) is 4.74 Å². The Balaban J connectivity index is 1.44. The van der Waals surface area contributed by atoms with E-state index in [1.54, 1.807) is 18.2 Å². The largest absolute Gasteiger partial charge is 0.482 e. The monoisotopic (exact) mass is 437 g/mol. The number of anilines is 1. The molecule has 1 aromatic rings. The Morgan fingerprint density at radius 1 is 1.15 bits per heavy atom. The Hall–Kier alpha value is -2.09. The molecule has 2 aliphatic rings. The van der Waals surface area contributed by atoms with E-state index in [0.29, 0.717) is 24.5 Å². The first-order chi connectivity index (χ1) is 13.0. The zero-order chi connectivity index (χ0) is 19.2. The van der Waals surface area contributed by atoms with Gasteiger partial charge in [0.25, 0.3) is 5.91 Å². The summed E-state index contributed by atoms with van der Waals surface area (Å²) >= 11 is 3.36. The van der Waals surface area contributed by atoms with E-state index < -0.39 is 0 Å². The van der Waals surface area contributed by atoms with Gasteiger partial charge in [-0.2, -0.15) is 0 Å². The summed E-state index contributed by atoms with van der Waals surface area (Å²) in [5.41, 5.74) is 0.579. The molecule has 1 fully saturated rings. The lowest BCUT2D eigenvalue weighted by atomic mass is 9.89. The minimum absolute atomic E-state index is 0.0758. The molecule has 146 valence electrons. The fourth-order valence-electron chi connectivity index (χ4n) is 3.45. The normalized spacial score (nSPS) is 17.1. The summed E-state index contributed by atoms with van der Waals surface area (Å²) in [7, 11) is 0. The molecule has 0 unspecified atom stereocenters. The van der Waals surface area contributed by atoms with Crippen LogP contribution in [0, 0.1) is 5.92 Å². The third-order valence-corrected chi connectivity index (χ3v) is 5.38. The molecule has 0 aromatic heterocycles. The molecular formula is C19H24BrN3O4. The van der Waals surface area contributed by atoms with Crippen LogP contribution < -0.4 is 20.3 Å². The van der Waals surface area contributed by atoms with E-state index in [0.717, 1.165) is 30.2 Å². The van der Waals surface area contributed by atoms with Crippen molar-refractivity contribution in [3.63, 3.8) is 0 Å². The van der Waals surface area contributed by atoms with Crippen molar-refractivity contribution in [2.24, 2.45) is 5.92 Å². The first kappa shape index (κ1) is 19.7. The molecular weight excluding hydrogens is 414 g/mol. The van der Waals surface area contributed by atoms with Gasteiger partial charge in [0.2, 0.25) is 11.8 Å². The summed E-state index contributed by atoms with van der Waals surface area (Å²) in [5, 5.41) is 5.64. The van der Waals surface area contributed by atoms with Crippen LogP contribution in [0.15, 0.2) is 22.7 Å². The van der Waals surface area contributed by atoms with Crippen molar-refractivity contribution in [1.82, 2.24) is 10.6 Å². The highest BCUT2D eigenvalue weighted by Crippen LogP contribution is 2.34. The van der Waals surface area contributed by atoms with Crippen molar-refractivity contribution >= 4 is 39.3 Å². The Labute approximate surface area is 166 Å². The lowest BCUT2D eigenvalue weighted by Crippen LogP contribution is -2.46. The number of amides is 3. The summed E-state index contributed by atoms with van der Waals surface area (Å²) in [6, 6.07) is 5.31. The number of benzene rings is 1. The highest BCUT2D eigenvalue weighted by Gasteiger charge is 2.27. The zero-order valence-electron chi connectivity index (χ0n) is 15.1. The molecule has 1 aromatic carbocycles. The predicted molar refractivity (Wildman–Crippen MR) is 105 cm³/mol. The van der Waals surface area contributed by atoms with Gasteiger partial charge in [-0.05, 0) is 31.0 Å². The van der Waals surface area contributed by atoms with Crippen LogP contribution in [0.1, 0.15) is 32.1 Å². The average molecular weight is 438 g/mol. The Bertz CT molecular complexity index is 719. The zero-order valence-corrected chi connectivity index (χ0v) is 16.7. The molecule has 7 nitrogen and oxygen atoms in total. The van der Waals surface area contributed by atoms with Gasteiger partial charge < -0.3 is 15.4 Å². The van der Waals surface area contributed by atoms with Crippen molar-refractivity contribution in [2.45, 2.75) is 32.1 Å². The van der Waals surface area contributed by atoms with Gasteiger partial charge in [-0.3, -0.25) is 19.3 Å². The van der Waals surface area contributed by atoms with Crippen LogP contribution in [0.5, 0.6) is 5.75 Å². The summed E-state index contributed by atoms with van der Waals surface area (Å²) in [5.74, 6) is 0.219. The number of hydrogen-bond donors (Lipinski definition) is 2. The molecule has 0 atom stereocenters. The standard InChI is InChI=1S/C19H24BrN3O4/c20-14-6-7-15-16(10-14)27-12-18(25)23(15)11-17(24)21-8-9-22-19(26)13-4-2-1-3-5-13/h6-7,10,13H,1-5,8-9,11-12H2,(H,21,24)(H,22,26). The molecule has 1 saturated carbocycles. The highest BCUT2D eigenvalue weighted by atomic mass is 79.9. The van der Waals surface area contributed by atoms with Crippen molar-refractivity contribution in [3.8, 4) is 5.75 Å². The second-order valence-electron chi connectivity index (χ2n) is 6.86. The number of fused-ring (bicyclic) bond motifs is 1. The topological polar surface area (TPSA) is 87.7 Å². The van der Waals surface area contributed by atoms with E-state index in [-0.39, 0.29) is 36.8 Å². The number of halogens is 1. The molecule has 1 aliphatic heterocycles. The van der Waals surface area contributed by atoms with Gasteiger partial charge in [0, 0.05) is 23.5 Å². The van der Waals surface area contributed by atoms with E-state index >= 15 is 0 Å². The summed E-state index contributed by atoms with van der Waals surface area (Å²) in [4.78, 5) is 37.8. The maximum absolute atomic E-state index is 12.2. The quantitative estimate of drug-likeness (QED) is 0.666. The number of nitrogens with zero attached hydrogens (tertiary/aromatic N) is 1. The lowest BCUT2D eigenvalue weighted by Gasteiger charge is -2.29. The van der Waals surface area contributed by atoms with Gasteiger partial charge in [0.1, 0.15) is 12.3 Å². The number of nitrogens with one attached hydrogen (secondary N) is 2. The molecule has 0 saturated heterocycles. The third-order valence-electron chi connectivity index (χ3n) is 4.89. The molecule has 3 rings (SSSR count). The van der Waals surface area contributed by atoms with Crippen LogP contribution in [-0.2, 0) is 14.4 Å². The van der Waals surface area contributed by atoms with E-state index in [9.17, 15) is 14.4 Å². The molecule has 8 heteroatoms. The SMILES string of the molecule is O=C(CN1C(=O)COc2cc(Br)ccc21)NCCNC(=O)C1CCCCC1. The number of hydrogen-bond acceptors (Lipinski definition) is 4. The highest BCUT2D eigenvalue weighted by molar-refractivity contribution is 9.10. The molecule has 3 amide bonds. The number of rotatable bonds is 6. The van der Waals surface area contributed by atoms with Crippen molar-refractivity contribution < 1.29 is 19.1 Å². The predicted octanol–water partition coefficient (Wildman–Crippen LogP) is 1.99. The van der Waals surface area contributed by atoms with Gasteiger partial charge in [-0.15, -0.1) is 0 Å². The van der Waals surface area contributed by atoms with Crippen LogP contribution in [0.25, 0.3) is 0 Å². The first-order valence-electron chi connectivity index (χ1n) is 9.32. The Morgan fingerprint density at radius 3 is 2.67 bits per heavy atom. The molecule has 27 heavy (non-hydrogen) atoms. The van der Waals surface area contributed by atoms with Crippen LogP contribution in [0.2, 0.25) is 0 Å². The second kappa shape index (κ2) is 9.21. The van der Waals surface area contributed by atoms with Crippen molar-refractivity contribution in [3.05, 3.63) is 22.7 Å². The molecule has 0 bridgehead atoms. The van der Waals surface area contributed by atoms with Gasteiger partial charge in [-0.1, -0.05) is 35.2 Å². The van der Waals surface area contributed by atoms with E-state index in [1.165, 1.54) is 11.3 Å². The lowest BCUT2D eigenvalue weighted by molar-refractivity contribution is -0.126. The Kier molecular flexibility index (Phi) is 6.71. The summed E-state index contributed by atoms with van der Waals surface area (Å²) in [6.45, 7) is 0.562. The minimum Gasteiger partial charge on any atom is -0.482 e. The molecule has 0 spiro atoms. The fourth-order valence-corrected chi connectivity index (χ4v) is 3.79. The van der Waals surface area contributed by atoms with Crippen LogP contribution >= 0.6 is 15.9 Å². The molecule has 0 radical (unpaired) electrons. The van der Waals surface area contributed by atoms with Gasteiger partial charge in [-0.25, -0.2) is 0 Å². The smallest absolute Gasteiger partial charge is 0.265 e. The van der Waals surface area contributed by atoms with Crippen LogP contribution in [0.4, 0.5) is 5.69 Å². The van der Waals surface area contributed by atoms with Crippen molar-refractivity contribution in [1.29, 1.82) is 0 Å². The van der Waals surface area contributed by atoms with Gasteiger partial charge in [0.05, 0.1) is 5.69 Å². The first-order valence-corrected chi connectivity index (χ1v) is 10.1. The molecule has 1 aliphatic carbocycles. The second-order valence-corrected chi connectivity index (χ2v) is 7.77. The molecule has 1 heterocycles. The third kappa shape index (κ3) is 5.22. The summed E-state index contributed by atoms with van der Waals surface area (Å²) in [6.07, 6.45) is 5.33. The number of ether oxygens (including phenoxy) is 1. The van der Waals surface area contributed by atoms with E-state index in [1.807, 2.05) is 0 Å². The summed E-state index contributed by atoms with van der Waals surface area (Å²) < 4.78 is 6.25. The minimum atomic E-state index is -0.272. The van der Waals surface area contributed by atoms with Gasteiger partial charge >= 0.3 is 0 Å². The number of carbonyl (C=O) groups excluding carboxylic acids is 3. The van der Waals surface area contributed by atoms with Crippen LogP contribution in [0.3, 0.4) is 0 Å². The average Bonchev–Trinajstić information content (AvgIpc) is 2.68. The maximum atomic E-state index is 12.2. The fraction of sp³-hybridized carbons (Fsp3) is 0.526. The van der Waals surface area contributed by atoms with E-state index in [2.05, 4.69) is 26.6 Å². The van der Waals surface area contributed by atoms with Crippen molar-refractivity contribution in [2.75, 3.05) is 31.1 Å². The van der Waals surface area contributed by atoms with Gasteiger partial charge in [0.15, 0.2) is 6.61 Å². The number of carbonyl (C=O) groups is 3.